The molecule has 0 rings (SSSR count). The highest BCUT2D eigenvalue weighted by atomic mass is 79.9. The van der Waals surface area contributed by atoms with E-state index in [1.54, 1.807) is 6.92 Å². The summed E-state index contributed by atoms with van der Waals surface area (Å²) in [5, 5.41) is 0. The zero-order valence-electron chi connectivity index (χ0n) is 5.00. The van der Waals surface area contributed by atoms with Gasteiger partial charge in [0, 0.05) is 0 Å². The van der Waals surface area contributed by atoms with Crippen molar-refractivity contribution in [3.05, 3.63) is 0 Å². The summed E-state index contributed by atoms with van der Waals surface area (Å²) < 4.78 is 34.8. The highest BCUT2D eigenvalue weighted by Gasteiger charge is 2.36. The fourth-order valence-electron chi connectivity index (χ4n) is 0.417. The second-order valence-corrected chi connectivity index (χ2v) is 2.90. The van der Waals surface area contributed by atoms with Crippen LogP contribution in [0.2, 0.25) is 0 Å². The molecule has 1 unspecified atom stereocenters. The van der Waals surface area contributed by atoms with E-state index in [2.05, 4.69) is 15.9 Å². The molecule has 9 heavy (non-hydrogen) atoms. The number of alkyl halides is 4. The van der Waals surface area contributed by atoms with Gasteiger partial charge in [-0.3, -0.25) is 0 Å². The molecule has 0 aliphatic rings. The minimum Gasteiger partial charge on any atom is -0.170 e. The van der Waals surface area contributed by atoms with Crippen molar-refractivity contribution in [3.63, 3.8) is 0 Å². The van der Waals surface area contributed by atoms with Gasteiger partial charge in [-0.2, -0.15) is 13.2 Å². The summed E-state index contributed by atoms with van der Waals surface area (Å²) in [7, 11) is 0. The molecule has 56 valence electrons. The first-order valence-corrected chi connectivity index (χ1v) is 3.60. The van der Waals surface area contributed by atoms with Gasteiger partial charge in [-0.25, -0.2) is 0 Å². The summed E-state index contributed by atoms with van der Waals surface area (Å²) >= 11 is 2.53. The van der Waals surface area contributed by atoms with Crippen molar-refractivity contribution in [2.24, 2.45) is 0 Å². The molecule has 0 aliphatic carbocycles. The Labute approximate surface area is 60.6 Å². The van der Waals surface area contributed by atoms with Gasteiger partial charge in [-0.05, 0) is 6.42 Å². The SMILES string of the molecule is CCCC(Br)C(F)(F)F. The Bertz CT molecular complexity index is 78.8. The van der Waals surface area contributed by atoms with Crippen molar-refractivity contribution in [2.45, 2.75) is 30.8 Å². The van der Waals surface area contributed by atoms with E-state index in [1.807, 2.05) is 0 Å². The fraction of sp³-hybridized carbons (Fsp3) is 1.00. The number of halogens is 4. The number of rotatable bonds is 2. The quantitative estimate of drug-likeness (QED) is 0.607. The molecule has 1 atom stereocenters. The normalized spacial score (nSPS) is 15.7. The van der Waals surface area contributed by atoms with E-state index in [1.165, 1.54) is 0 Å². The predicted octanol–water partition coefficient (Wildman–Crippen LogP) is 3.11. The Hall–Kier alpha value is 0.270. The molecule has 0 aromatic carbocycles. The van der Waals surface area contributed by atoms with Crippen LogP contribution in [0, 0.1) is 0 Å². The summed E-state index contributed by atoms with van der Waals surface area (Å²) in [4.78, 5) is -1.32. The predicted molar refractivity (Wildman–Crippen MR) is 33.7 cm³/mol. The molecule has 0 amide bonds. The van der Waals surface area contributed by atoms with Gasteiger partial charge in [0.1, 0.15) is 4.83 Å². The highest BCUT2D eigenvalue weighted by Crippen LogP contribution is 2.29. The molecule has 0 aromatic rings. The largest absolute Gasteiger partial charge is 0.401 e. The smallest absolute Gasteiger partial charge is 0.170 e. The monoisotopic (exact) mass is 204 g/mol. The molecule has 0 saturated carbocycles. The van der Waals surface area contributed by atoms with Crippen LogP contribution in [-0.4, -0.2) is 11.0 Å². The van der Waals surface area contributed by atoms with E-state index in [0.29, 0.717) is 6.42 Å². The van der Waals surface area contributed by atoms with Crippen LogP contribution >= 0.6 is 15.9 Å². The maximum absolute atomic E-state index is 11.6. The minimum atomic E-state index is -4.07. The van der Waals surface area contributed by atoms with Gasteiger partial charge in [0.15, 0.2) is 0 Å². The van der Waals surface area contributed by atoms with Crippen LogP contribution in [0.3, 0.4) is 0 Å². The summed E-state index contributed by atoms with van der Waals surface area (Å²) in [5.74, 6) is 0. The number of hydrogen-bond donors (Lipinski definition) is 0. The van der Waals surface area contributed by atoms with Gasteiger partial charge in [0.05, 0.1) is 0 Å². The van der Waals surface area contributed by atoms with Crippen LogP contribution in [0.25, 0.3) is 0 Å². The van der Waals surface area contributed by atoms with Crippen LogP contribution in [0.15, 0.2) is 0 Å². The van der Waals surface area contributed by atoms with E-state index in [9.17, 15) is 13.2 Å². The van der Waals surface area contributed by atoms with Crippen molar-refractivity contribution >= 4 is 15.9 Å². The fourth-order valence-corrected chi connectivity index (χ4v) is 0.875. The Balaban J connectivity index is 3.59. The molecule has 0 nitrogen and oxygen atoms in total. The molecular weight excluding hydrogens is 197 g/mol. The van der Waals surface area contributed by atoms with Crippen molar-refractivity contribution in [3.8, 4) is 0 Å². The lowest BCUT2D eigenvalue weighted by molar-refractivity contribution is -0.128. The lowest BCUT2D eigenvalue weighted by Crippen LogP contribution is -2.22. The molecule has 0 aromatic heterocycles. The van der Waals surface area contributed by atoms with E-state index in [-0.39, 0.29) is 6.42 Å². The molecule has 0 heterocycles. The molecule has 0 fully saturated rings. The van der Waals surface area contributed by atoms with Crippen LogP contribution in [-0.2, 0) is 0 Å². The summed E-state index contributed by atoms with van der Waals surface area (Å²) in [6, 6.07) is 0. The Morgan fingerprint density at radius 3 is 2.00 bits per heavy atom. The minimum absolute atomic E-state index is 0.156. The molecule has 0 aliphatic heterocycles. The zero-order valence-corrected chi connectivity index (χ0v) is 6.59. The van der Waals surface area contributed by atoms with Gasteiger partial charge in [-0.1, -0.05) is 29.3 Å². The third-order valence-corrected chi connectivity index (χ3v) is 1.87. The molecule has 0 saturated heterocycles. The van der Waals surface area contributed by atoms with Crippen LogP contribution < -0.4 is 0 Å². The first kappa shape index (κ1) is 9.27. The lowest BCUT2D eigenvalue weighted by Gasteiger charge is -2.11. The molecule has 0 radical (unpaired) electrons. The number of hydrogen-bond acceptors (Lipinski definition) is 0. The third-order valence-electron chi connectivity index (χ3n) is 0.897. The summed E-state index contributed by atoms with van der Waals surface area (Å²) in [6.07, 6.45) is -3.37. The highest BCUT2D eigenvalue weighted by molar-refractivity contribution is 9.09. The van der Waals surface area contributed by atoms with Crippen molar-refractivity contribution in [1.29, 1.82) is 0 Å². The first-order chi connectivity index (χ1) is 3.98. The second-order valence-electron chi connectivity index (χ2n) is 1.80. The maximum Gasteiger partial charge on any atom is 0.401 e. The topological polar surface area (TPSA) is 0 Å². The summed E-state index contributed by atoms with van der Waals surface area (Å²) in [5.41, 5.74) is 0. The van der Waals surface area contributed by atoms with E-state index < -0.39 is 11.0 Å². The van der Waals surface area contributed by atoms with Gasteiger partial charge in [0.2, 0.25) is 0 Å². The van der Waals surface area contributed by atoms with Crippen LogP contribution in [0.4, 0.5) is 13.2 Å². The maximum atomic E-state index is 11.6. The van der Waals surface area contributed by atoms with Crippen molar-refractivity contribution in [1.82, 2.24) is 0 Å². The van der Waals surface area contributed by atoms with Crippen molar-refractivity contribution in [2.75, 3.05) is 0 Å². The molecule has 0 N–H and O–H groups in total. The lowest BCUT2D eigenvalue weighted by atomic mass is 10.2. The van der Waals surface area contributed by atoms with Gasteiger partial charge < -0.3 is 0 Å². The summed E-state index contributed by atoms with van der Waals surface area (Å²) in [6.45, 7) is 1.72. The van der Waals surface area contributed by atoms with Crippen molar-refractivity contribution < 1.29 is 13.2 Å². The second kappa shape index (κ2) is 3.44. The first-order valence-electron chi connectivity index (χ1n) is 2.69. The van der Waals surface area contributed by atoms with Crippen LogP contribution in [0.1, 0.15) is 19.8 Å². The molecule has 0 bridgehead atoms. The average molecular weight is 205 g/mol. The van der Waals surface area contributed by atoms with E-state index in [0.717, 1.165) is 0 Å². The van der Waals surface area contributed by atoms with E-state index in [4.69, 9.17) is 0 Å². The van der Waals surface area contributed by atoms with E-state index >= 15 is 0 Å². The Kier molecular flexibility index (Phi) is 3.54. The van der Waals surface area contributed by atoms with Crippen LogP contribution in [0.5, 0.6) is 0 Å². The third kappa shape index (κ3) is 3.78. The Morgan fingerprint density at radius 1 is 1.44 bits per heavy atom. The molecular formula is C5H8BrF3. The standard InChI is InChI=1S/C5H8BrF3/c1-2-3-4(6)5(7,8)9/h4H,2-3H2,1H3. The average Bonchev–Trinajstić information content (AvgIpc) is 1.64. The molecule has 0 spiro atoms. The Morgan fingerprint density at radius 2 is 1.89 bits per heavy atom. The zero-order chi connectivity index (χ0) is 7.49. The van der Waals surface area contributed by atoms with Gasteiger partial charge in [0.25, 0.3) is 0 Å². The van der Waals surface area contributed by atoms with Gasteiger partial charge >= 0.3 is 6.18 Å². The van der Waals surface area contributed by atoms with Gasteiger partial charge in [-0.15, -0.1) is 0 Å². The molecule has 4 heteroatoms.